The van der Waals surface area contributed by atoms with Crippen LogP contribution in [0.3, 0.4) is 0 Å². The van der Waals surface area contributed by atoms with E-state index < -0.39 is 22.2 Å². The zero-order chi connectivity index (χ0) is 27.4. The monoisotopic (exact) mass is 548 g/mol. The van der Waals surface area contributed by atoms with Crippen LogP contribution < -0.4 is 15.4 Å². The van der Waals surface area contributed by atoms with Gasteiger partial charge in [0.2, 0.25) is 10.0 Å². The third-order valence-electron chi connectivity index (χ3n) is 6.28. The van der Waals surface area contributed by atoms with E-state index in [-0.39, 0.29) is 35.2 Å². The Balaban J connectivity index is 1.50. The molecule has 2 aromatic rings. The number of rotatable bonds is 9. The number of anilines is 1. The molecule has 2 aliphatic rings. The van der Waals surface area contributed by atoms with E-state index in [2.05, 4.69) is 25.7 Å². The van der Waals surface area contributed by atoms with Crippen molar-refractivity contribution in [1.82, 2.24) is 25.0 Å². The summed E-state index contributed by atoms with van der Waals surface area (Å²) < 4.78 is 41.2. The van der Waals surface area contributed by atoms with Gasteiger partial charge in [-0.25, -0.2) is 27.4 Å². The van der Waals surface area contributed by atoms with Crippen LogP contribution >= 0.6 is 0 Å². The van der Waals surface area contributed by atoms with Crippen molar-refractivity contribution in [3.8, 4) is 11.3 Å². The second-order valence-corrected chi connectivity index (χ2v) is 12.1. The van der Waals surface area contributed by atoms with Gasteiger partial charge in [0.1, 0.15) is 5.69 Å². The van der Waals surface area contributed by atoms with Crippen molar-refractivity contribution >= 4 is 27.9 Å². The fourth-order valence-corrected chi connectivity index (χ4v) is 5.90. The summed E-state index contributed by atoms with van der Waals surface area (Å²) in [6.45, 7) is 7.07. The van der Waals surface area contributed by atoms with E-state index in [0.717, 1.165) is 38.5 Å². The number of ether oxygens (including phenoxy) is 2. The van der Waals surface area contributed by atoms with Gasteiger partial charge in [-0.1, -0.05) is 5.21 Å². The van der Waals surface area contributed by atoms with Gasteiger partial charge in [-0.05, 0) is 84.4 Å². The molecule has 3 N–H and O–H groups in total. The number of aromatic nitrogens is 3. The molecule has 38 heavy (non-hydrogen) atoms. The predicted octanol–water partition coefficient (Wildman–Crippen LogP) is 3.96. The quantitative estimate of drug-likeness (QED) is 0.426. The second-order valence-electron chi connectivity index (χ2n) is 10.4. The summed E-state index contributed by atoms with van der Waals surface area (Å²) in [6, 6.07) is 4.65. The maximum absolute atomic E-state index is 13.2. The molecule has 2 aliphatic carbocycles. The number of hydrogen-bond acceptors (Lipinski definition) is 8. The molecule has 1 aromatic carbocycles. The molecule has 0 aliphatic heterocycles. The minimum Gasteiger partial charge on any atom is -0.447 e. The Bertz CT molecular complexity index is 1250. The molecular weight excluding hydrogens is 512 g/mol. The van der Waals surface area contributed by atoms with Crippen molar-refractivity contribution in [2.75, 3.05) is 5.32 Å². The smallest absolute Gasteiger partial charge is 0.411 e. The molecule has 2 amide bonds. The first-order valence-electron chi connectivity index (χ1n) is 13.0. The Morgan fingerprint density at radius 2 is 1.58 bits per heavy atom. The summed E-state index contributed by atoms with van der Waals surface area (Å²) in [5.41, 5.74) is 1.10. The van der Waals surface area contributed by atoms with E-state index in [4.69, 9.17) is 9.47 Å². The van der Waals surface area contributed by atoms with Crippen LogP contribution in [-0.4, -0.2) is 59.9 Å². The number of alkyl carbamates (subject to hydrolysis) is 1. The van der Waals surface area contributed by atoms with Gasteiger partial charge in [-0.2, -0.15) is 0 Å². The number of hydrogen-bond donors (Lipinski definition) is 3. The SMILES string of the molecule is CC(C)OC(=O)Nc1ccc(-c2cn(C3CCC(NC(=O)OC(C)C)CC3)nn2)c(S(=O)(=O)NC2CC2)c1. The van der Waals surface area contributed by atoms with Gasteiger partial charge in [-0.15, -0.1) is 5.10 Å². The van der Waals surface area contributed by atoms with Gasteiger partial charge < -0.3 is 14.8 Å². The van der Waals surface area contributed by atoms with E-state index >= 15 is 0 Å². The molecule has 0 radical (unpaired) electrons. The molecule has 0 spiro atoms. The van der Waals surface area contributed by atoms with Gasteiger partial charge in [0.25, 0.3) is 0 Å². The van der Waals surface area contributed by atoms with E-state index in [9.17, 15) is 18.0 Å². The lowest BCUT2D eigenvalue weighted by molar-refractivity contribution is 0.108. The number of carbonyl (C=O) groups is 2. The summed E-state index contributed by atoms with van der Waals surface area (Å²) in [6.07, 6.45) is 4.86. The summed E-state index contributed by atoms with van der Waals surface area (Å²) in [7, 11) is -3.87. The largest absolute Gasteiger partial charge is 0.447 e. The standard InChI is InChI=1S/C25H36N6O6S/c1-15(2)36-24(32)26-17-7-10-20(11-8-17)31-14-22(28-30-31)21-12-9-19(27-25(33)37-16(3)4)13-23(21)38(34,35)29-18-5-6-18/h9,12-18,20,29H,5-8,10-11H2,1-4H3,(H,26,32)(H,27,33). The van der Waals surface area contributed by atoms with E-state index in [0.29, 0.717) is 16.9 Å². The van der Waals surface area contributed by atoms with Crippen molar-refractivity contribution in [2.45, 2.75) is 101 Å². The Labute approximate surface area is 222 Å². The van der Waals surface area contributed by atoms with Gasteiger partial charge >= 0.3 is 12.2 Å². The van der Waals surface area contributed by atoms with Crippen molar-refractivity contribution in [2.24, 2.45) is 0 Å². The first-order valence-corrected chi connectivity index (χ1v) is 14.5. The third-order valence-corrected chi connectivity index (χ3v) is 7.84. The van der Waals surface area contributed by atoms with Crippen LogP contribution in [0, 0.1) is 0 Å². The third kappa shape index (κ3) is 7.44. The highest BCUT2D eigenvalue weighted by Crippen LogP contribution is 2.33. The minimum absolute atomic E-state index is 0.00960. The Hall–Kier alpha value is -3.19. The summed E-state index contributed by atoms with van der Waals surface area (Å²) in [5, 5.41) is 14.1. The minimum atomic E-state index is -3.87. The molecule has 0 saturated heterocycles. The molecule has 2 fully saturated rings. The molecular formula is C25H36N6O6S. The summed E-state index contributed by atoms with van der Waals surface area (Å²) in [4.78, 5) is 24.0. The second kappa shape index (κ2) is 11.7. The topological polar surface area (TPSA) is 154 Å². The van der Waals surface area contributed by atoms with Gasteiger partial charge in [0.05, 0.1) is 29.3 Å². The Morgan fingerprint density at radius 3 is 2.21 bits per heavy atom. The average molecular weight is 549 g/mol. The molecule has 13 heteroatoms. The zero-order valence-electron chi connectivity index (χ0n) is 22.1. The Morgan fingerprint density at radius 1 is 0.947 bits per heavy atom. The normalized spacial score (nSPS) is 19.8. The predicted molar refractivity (Wildman–Crippen MR) is 140 cm³/mol. The first-order chi connectivity index (χ1) is 18.0. The molecule has 0 unspecified atom stereocenters. The molecule has 0 atom stereocenters. The highest BCUT2D eigenvalue weighted by Gasteiger charge is 2.31. The molecule has 12 nitrogen and oxygen atoms in total. The molecule has 1 heterocycles. The molecule has 2 saturated carbocycles. The number of nitrogens with zero attached hydrogens (tertiary/aromatic N) is 3. The van der Waals surface area contributed by atoms with Crippen molar-refractivity contribution < 1.29 is 27.5 Å². The number of sulfonamides is 1. The fourth-order valence-electron chi connectivity index (χ4n) is 4.36. The lowest BCUT2D eigenvalue weighted by Crippen LogP contribution is -2.39. The number of nitrogens with one attached hydrogen (secondary N) is 3. The molecule has 0 bridgehead atoms. The van der Waals surface area contributed by atoms with Crippen LogP contribution in [0.15, 0.2) is 29.3 Å². The first kappa shape index (κ1) is 27.8. The van der Waals surface area contributed by atoms with Crippen molar-refractivity contribution in [1.29, 1.82) is 0 Å². The van der Waals surface area contributed by atoms with Gasteiger partial charge in [0, 0.05) is 23.3 Å². The summed E-state index contributed by atoms with van der Waals surface area (Å²) in [5.74, 6) is 0. The van der Waals surface area contributed by atoms with E-state index in [1.165, 1.54) is 6.07 Å². The van der Waals surface area contributed by atoms with Crippen molar-refractivity contribution in [3.05, 3.63) is 24.4 Å². The number of benzene rings is 1. The van der Waals surface area contributed by atoms with Crippen LogP contribution in [0.1, 0.15) is 72.3 Å². The maximum Gasteiger partial charge on any atom is 0.411 e. The lowest BCUT2D eigenvalue weighted by Gasteiger charge is -2.28. The van der Waals surface area contributed by atoms with Crippen LogP contribution in [0.2, 0.25) is 0 Å². The Kier molecular flexibility index (Phi) is 8.56. The number of amides is 2. The molecule has 4 rings (SSSR count). The fraction of sp³-hybridized carbons (Fsp3) is 0.600. The highest BCUT2D eigenvalue weighted by molar-refractivity contribution is 7.89. The maximum atomic E-state index is 13.2. The van der Waals surface area contributed by atoms with Crippen molar-refractivity contribution in [3.63, 3.8) is 0 Å². The summed E-state index contributed by atoms with van der Waals surface area (Å²) >= 11 is 0. The van der Waals surface area contributed by atoms with Crippen LogP contribution in [0.5, 0.6) is 0 Å². The van der Waals surface area contributed by atoms with Gasteiger partial charge in [0.15, 0.2) is 0 Å². The lowest BCUT2D eigenvalue weighted by atomic mass is 9.91. The van der Waals surface area contributed by atoms with E-state index in [1.807, 2.05) is 13.8 Å². The molecule has 208 valence electrons. The zero-order valence-corrected chi connectivity index (χ0v) is 23.0. The average Bonchev–Trinajstić information content (AvgIpc) is 3.49. The number of carbonyl (C=O) groups excluding carboxylic acids is 2. The highest BCUT2D eigenvalue weighted by atomic mass is 32.2. The van der Waals surface area contributed by atoms with Crippen LogP contribution in [0.25, 0.3) is 11.3 Å². The van der Waals surface area contributed by atoms with Crippen LogP contribution in [0.4, 0.5) is 15.3 Å². The van der Waals surface area contributed by atoms with Crippen LogP contribution in [-0.2, 0) is 19.5 Å². The van der Waals surface area contributed by atoms with E-state index in [1.54, 1.807) is 36.9 Å². The molecule has 1 aromatic heterocycles. The van der Waals surface area contributed by atoms with Gasteiger partial charge in [-0.3, -0.25) is 5.32 Å².